The zero-order chi connectivity index (χ0) is 12.3. The molecule has 0 aliphatic rings. The number of thiophene rings is 1. The molecule has 2 heterocycles. The molecular weight excluding hydrogens is 234 g/mol. The number of unbranched alkanes of at least 4 members (excludes halogenated alkanes) is 1. The molecule has 0 N–H and O–H groups in total. The Morgan fingerprint density at radius 1 is 1.53 bits per heavy atom. The molecule has 3 nitrogen and oxygen atoms in total. The van der Waals surface area contributed by atoms with Crippen LogP contribution in [0.4, 0.5) is 0 Å². The van der Waals surface area contributed by atoms with Crippen LogP contribution in [-0.2, 0) is 4.74 Å². The molecule has 0 atom stereocenters. The highest BCUT2D eigenvalue weighted by atomic mass is 32.1. The van der Waals surface area contributed by atoms with Crippen molar-refractivity contribution in [2.24, 2.45) is 0 Å². The van der Waals surface area contributed by atoms with Crippen LogP contribution < -0.4 is 0 Å². The highest BCUT2D eigenvalue weighted by molar-refractivity contribution is 7.17. The maximum absolute atomic E-state index is 11.8. The van der Waals surface area contributed by atoms with Gasteiger partial charge in [0.25, 0.3) is 0 Å². The van der Waals surface area contributed by atoms with Gasteiger partial charge < -0.3 is 4.74 Å². The Morgan fingerprint density at radius 3 is 3.12 bits per heavy atom. The van der Waals surface area contributed by atoms with E-state index in [1.54, 1.807) is 17.4 Å². The molecule has 0 saturated heterocycles. The van der Waals surface area contributed by atoms with E-state index in [-0.39, 0.29) is 5.97 Å². The number of hydrogen-bond donors (Lipinski definition) is 0. The number of ether oxygens (including phenoxy) is 1. The van der Waals surface area contributed by atoms with Gasteiger partial charge >= 0.3 is 5.97 Å². The van der Waals surface area contributed by atoms with Crippen molar-refractivity contribution in [2.75, 3.05) is 6.61 Å². The van der Waals surface area contributed by atoms with Gasteiger partial charge in [0.2, 0.25) is 0 Å². The van der Waals surface area contributed by atoms with Gasteiger partial charge in [0.05, 0.1) is 6.61 Å². The van der Waals surface area contributed by atoms with E-state index < -0.39 is 0 Å². The topological polar surface area (TPSA) is 39.2 Å². The minimum atomic E-state index is -0.322. The van der Waals surface area contributed by atoms with Crippen molar-refractivity contribution in [3.63, 3.8) is 0 Å². The molecule has 0 bridgehead atoms. The summed E-state index contributed by atoms with van der Waals surface area (Å²) in [6, 6.07) is 3.83. The Labute approximate surface area is 104 Å². The summed E-state index contributed by atoms with van der Waals surface area (Å²) in [6.07, 6.45) is 1.91. The smallest absolute Gasteiger partial charge is 0.356 e. The lowest BCUT2D eigenvalue weighted by molar-refractivity contribution is 0.0493. The van der Waals surface area contributed by atoms with Crippen molar-refractivity contribution >= 4 is 27.4 Å². The fraction of sp³-hybridized carbons (Fsp3) is 0.385. The van der Waals surface area contributed by atoms with Gasteiger partial charge in [-0.2, -0.15) is 0 Å². The number of fused-ring (bicyclic) bond motifs is 1. The number of esters is 1. The molecule has 0 unspecified atom stereocenters. The zero-order valence-electron chi connectivity index (χ0n) is 10.0. The molecule has 2 aromatic rings. The minimum Gasteiger partial charge on any atom is -0.461 e. The van der Waals surface area contributed by atoms with Crippen LogP contribution in [0.1, 0.15) is 35.9 Å². The van der Waals surface area contributed by atoms with E-state index in [0.29, 0.717) is 12.3 Å². The zero-order valence-corrected chi connectivity index (χ0v) is 10.8. The lowest BCUT2D eigenvalue weighted by Crippen LogP contribution is -2.08. The quantitative estimate of drug-likeness (QED) is 0.614. The molecule has 0 aliphatic heterocycles. The number of rotatable bonds is 4. The van der Waals surface area contributed by atoms with Crippen LogP contribution in [0, 0.1) is 6.92 Å². The van der Waals surface area contributed by atoms with E-state index in [4.69, 9.17) is 4.74 Å². The highest BCUT2D eigenvalue weighted by Crippen LogP contribution is 2.23. The van der Waals surface area contributed by atoms with Crippen LogP contribution in [0.25, 0.3) is 10.1 Å². The lowest BCUT2D eigenvalue weighted by atomic mass is 10.2. The average molecular weight is 249 g/mol. The fourth-order valence-corrected chi connectivity index (χ4v) is 2.49. The molecule has 2 aromatic heterocycles. The SMILES string of the molecule is CCCCOC(=O)c1cc2sccc2c(C)n1. The number of aromatic nitrogens is 1. The summed E-state index contributed by atoms with van der Waals surface area (Å²) in [7, 11) is 0. The maximum atomic E-state index is 11.8. The van der Waals surface area contributed by atoms with Gasteiger partial charge in [-0.3, -0.25) is 0 Å². The fourth-order valence-electron chi connectivity index (χ4n) is 1.62. The van der Waals surface area contributed by atoms with Gasteiger partial charge in [-0.25, -0.2) is 9.78 Å². The number of carbonyl (C=O) groups is 1. The molecule has 0 amide bonds. The number of hydrogen-bond acceptors (Lipinski definition) is 4. The van der Waals surface area contributed by atoms with E-state index in [2.05, 4.69) is 11.9 Å². The second-order valence-electron chi connectivity index (χ2n) is 3.91. The molecule has 4 heteroatoms. The summed E-state index contributed by atoms with van der Waals surface area (Å²) >= 11 is 1.61. The van der Waals surface area contributed by atoms with E-state index in [1.807, 2.05) is 18.4 Å². The maximum Gasteiger partial charge on any atom is 0.356 e. The summed E-state index contributed by atoms with van der Waals surface area (Å²) in [4.78, 5) is 16.0. The van der Waals surface area contributed by atoms with Crippen molar-refractivity contribution in [1.82, 2.24) is 4.98 Å². The van der Waals surface area contributed by atoms with Crippen LogP contribution in [0.5, 0.6) is 0 Å². The summed E-state index contributed by atoms with van der Waals surface area (Å²) in [5, 5.41) is 3.12. The van der Waals surface area contributed by atoms with Crippen LogP contribution in [0.15, 0.2) is 17.5 Å². The molecule has 0 radical (unpaired) electrons. The Morgan fingerprint density at radius 2 is 2.35 bits per heavy atom. The second-order valence-corrected chi connectivity index (χ2v) is 4.86. The molecule has 0 saturated carbocycles. The van der Waals surface area contributed by atoms with Crippen molar-refractivity contribution in [1.29, 1.82) is 0 Å². The van der Waals surface area contributed by atoms with Crippen molar-refractivity contribution in [3.05, 3.63) is 28.9 Å². The lowest BCUT2D eigenvalue weighted by Gasteiger charge is -2.04. The first-order chi connectivity index (χ1) is 8.22. The first kappa shape index (κ1) is 12.0. The Hall–Kier alpha value is -1.42. The van der Waals surface area contributed by atoms with Crippen LogP contribution >= 0.6 is 11.3 Å². The predicted octanol–water partition coefficient (Wildman–Crippen LogP) is 3.56. The van der Waals surface area contributed by atoms with Gasteiger partial charge in [0.1, 0.15) is 5.69 Å². The molecule has 2 rings (SSSR count). The first-order valence-electron chi connectivity index (χ1n) is 5.74. The van der Waals surface area contributed by atoms with Gasteiger partial charge in [-0.1, -0.05) is 13.3 Å². The van der Waals surface area contributed by atoms with Crippen molar-refractivity contribution in [3.8, 4) is 0 Å². The summed E-state index contributed by atoms with van der Waals surface area (Å²) in [6.45, 7) is 4.45. The second kappa shape index (κ2) is 5.27. The van der Waals surface area contributed by atoms with Crippen LogP contribution in [0.2, 0.25) is 0 Å². The van der Waals surface area contributed by atoms with E-state index >= 15 is 0 Å². The van der Waals surface area contributed by atoms with Crippen LogP contribution in [-0.4, -0.2) is 17.6 Å². The largest absolute Gasteiger partial charge is 0.461 e. The highest BCUT2D eigenvalue weighted by Gasteiger charge is 2.12. The third-order valence-corrected chi connectivity index (χ3v) is 3.44. The molecular formula is C13H15NO2S. The monoisotopic (exact) mass is 249 g/mol. The molecule has 17 heavy (non-hydrogen) atoms. The molecule has 0 aromatic carbocycles. The minimum absolute atomic E-state index is 0.322. The number of pyridine rings is 1. The molecule has 0 aliphatic carbocycles. The van der Waals surface area contributed by atoms with Crippen molar-refractivity contribution in [2.45, 2.75) is 26.7 Å². The Balaban J connectivity index is 2.20. The number of aryl methyl sites for hydroxylation is 1. The van der Waals surface area contributed by atoms with E-state index in [0.717, 1.165) is 28.6 Å². The first-order valence-corrected chi connectivity index (χ1v) is 6.62. The summed E-state index contributed by atoms with van der Waals surface area (Å²) in [5.41, 5.74) is 1.29. The van der Waals surface area contributed by atoms with E-state index in [1.165, 1.54) is 0 Å². The van der Waals surface area contributed by atoms with Gasteiger partial charge in [0, 0.05) is 15.8 Å². The molecule has 0 fully saturated rings. The summed E-state index contributed by atoms with van der Waals surface area (Å²) in [5.74, 6) is -0.322. The number of carbonyl (C=O) groups excluding carboxylic acids is 1. The third-order valence-electron chi connectivity index (χ3n) is 2.58. The van der Waals surface area contributed by atoms with Crippen LogP contribution in [0.3, 0.4) is 0 Å². The summed E-state index contributed by atoms with van der Waals surface area (Å²) < 4.78 is 6.24. The van der Waals surface area contributed by atoms with E-state index in [9.17, 15) is 4.79 Å². The van der Waals surface area contributed by atoms with Gasteiger partial charge in [-0.05, 0) is 30.9 Å². The Bertz CT molecular complexity index is 533. The standard InChI is InChI=1S/C13H15NO2S/c1-3-4-6-16-13(15)11-8-12-10(5-7-17-12)9(2)14-11/h5,7-8H,3-4,6H2,1-2H3. The normalized spacial score (nSPS) is 10.7. The Kier molecular flexibility index (Phi) is 3.74. The van der Waals surface area contributed by atoms with Crippen molar-refractivity contribution < 1.29 is 9.53 Å². The van der Waals surface area contributed by atoms with Gasteiger partial charge in [0.15, 0.2) is 0 Å². The average Bonchev–Trinajstić information content (AvgIpc) is 2.77. The number of nitrogens with zero attached hydrogens (tertiary/aromatic N) is 1. The third kappa shape index (κ3) is 2.64. The molecule has 0 spiro atoms. The molecule has 90 valence electrons. The predicted molar refractivity (Wildman–Crippen MR) is 69.5 cm³/mol. The van der Waals surface area contributed by atoms with Gasteiger partial charge in [-0.15, -0.1) is 11.3 Å².